The summed E-state index contributed by atoms with van der Waals surface area (Å²) in [6.07, 6.45) is 4.16. The van der Waals surface area contributed by atoms with Crippen LogP contribution >= 0.6 is 11.3 Å². The van der Waals surface area contributed by atoms with Crippen LogP contribution in [0.2, 0.25) is 0 Å². The lowest BCUT2D eigenvalue weighted by atomic mass is 9.87. The van der Waals surface area contributed by atoms with Gasteiger partial charge in [-0.15, -0.1) is 11.3 Å². The minimum Gasteiger partial charge on any atom is -0.335 e. The van der Waals surface area contributed by atoms with Crippen LogP contribution in [0.15, 0.2) is 35.7 Å². The van der Waals surface area contributed by atoms with Crippen molar-refractivity contribution in [2.75, 3.05) is 6.54 Å². The highest BCUT2D eigenvalue weighted by Gasteiger charge is 2.28. The Kier molecular flexibility index (Phi) is 4.63. The quantitative estimate of drug-likeness (QED) is 0.815. The highest BCUT2D eigenvalue weighted by Crippen LogP contribution is 2.27. The van der Waals surface area contributed by atoms with Gasteiger partial charge in [-0.2, -0.15) is 0 Å². The van der Waals surface area contributed by atoms with Crippen LogP contribution < -0.4 is 0 Å². The average molecular weight is 313 g/mol. The van der Waals surface area contributed by atoms with Crippen molar-refractivity contribution in [3.63, 3.8) is 0 Å². The Hall–Kier alpha value is -1.61. The van der Waals surface area contributed by atoms with Crippen molar-refractivity contribution >= 4 is 17.2 Å². The first-order chi connectivity index (χ1) is 10.7. The van der Waals surface area contributed by atoms with E-state index in [1.54, 1.807) is 11.3 Å². The number of carbonyl (C=O) groups is 1. The van der Waals surface area contributed by atoms with Gasteiger partial charge >= 0.3 is 0 Å². The second kappa shape index (κ2) is 6.66. The summed E-state index contributed by atoms with van der Waals surface area (Å²) in [5, 5.41) is 2.02. The van der Waals surface area contributed by atoms with E-state index in [1.807, 2.05) is 18.4 Å². The largest absolute Gasteiger partial charge is 0.335 e. The van der Waals surface area contributed by atoms with Crippen LogP contribution in [-0.2, 0) is 12.8 Å². The Morgan fingerprint density at radius 3 is 2.73 bits per heavy atom. The van der Waals surface area contributed by atoms with Crippen molar-refractivity contribution < 1.29 is 4.79 Å². The molecule has 1 atom stereocenters. The van der Waals surface area contributed by atoms with Crippen LogP contribution in [-0.4, -0.2) is 23.4 Å². The molecule has 22 heavy (non-hydrogen) atoms. The van der Waals surface area contributed by atoms with E-state index >= 15 is 0 Å². The number of amides is 1. The van der Waals surface area contributed by atoms with Crippen molar-refractivity contribution in [2.45, 2.75) is 45.6 Å². The zero-order valence-corrected chi connectivity index (χ0v) is 14.2. The van der Waals surface area contributed by atoms with Crippen molar-refractivity contribution in [3.8, 4) is 0 Å². The number of fused-ring (bicyclic) bond motifs is 1. The fourth-order valence-electron chi connectivity index (χ4n) is 3.36. The van der Waals surface area contributed by atoms with E-state index in [-0.39, 0.29) is 5.91 Å². The summed E-state index contributed by atoms with van der Waals surface area (Å²) in [4.78, 5) is 16.0. The molecule has 2 nitrogen and oxygen atoms in total. The number of carbonyl (C=O) groups excluding carboxylic acids is 1. The molecule has 3 rings (SSSR count). The third-order valence-electron chi connectivity index (χ3n) is 4.54. The Morgan fingerprint density at radius 2 is 2.05 bits per heavy atom. The van der Waals surface area contributed by atoms with Crippen LogP contribution in [0.4, 0.5) is 0 Å². The zero-order valence-electron chi connectivity index (χ0n) is 13.3. The van der Waals surface area contributed by atoms with Crippen molar-refractivity contribution in [1.29, 1.82) is 0 Å². The normalized spacial score (nSPS) is 17.1. The van der Waals surface area contributed by atoms with E-state index in [0.29, 0.717) is 6.04 Å². The van der Waals surface area contributed by atoms with E-state index < -0.39 is 0 Å². The minimum atomic E-state index is 0.221. The van der Waals surface area contributed by atoms with Crippen LogP contribution in [0.1, 0.15) is 46.1 Å². The van der Waals surface area contributed by atoms with Gasteiger partial charge in [0.2, 0.25) is 0 Å². The summed E-state index contributed by atoms with van der Waals surface area (Å²) in [5.41, 5.74) is 3.97. The SMILES string of the molecule is CCCN(C(=O)c1sccc1C)C1CCc2ccccc2C1. The van der Waals surface area contributed by atoms with Gasteiger partial charge in [-0.05, 0) is 60.7 Å². The van der Waals surface area contributed by atoms with E-state index in [2.05, 4.69) is 36.1 Å². The number of nitrogens with zero attached hydrogens (tertiary/aromatic N) is 1. The molecule has 1 aliphatic carbocycles. The fraction of sp³-hybridized carbons (Fsp3) is 0.421. The molecule has 1 unspecified atom stereocenters. The summed E-state index contributed by atoms with van der Waals surface area (Å²) in [6, 6.07) is 11.0. The molecule has 0 spiro atoms. The van der Waals surface area contributed by atoms with E-state index in [4.69, 9.17) is 0 Å². The van der Waals surface area contributed by atoms with Gasteiger partial charge in [0, 0.05) is 12.6 Å². The predicted molar refractivity (Wildman–Crippen MR) is 92.6 cm³/mol. The van der Waals surface area contributed by atoms with Crippen LogP contribution in [0.3, 0.4) is 0 Å². The Morgan fingerprint density at radius 1 is 1.27 bits per heavy atom. The fourth-order valence-corrected chi connectivity index (χ4v) is 4.24. The Labute approximate surface area is 136 Å². The van der Waals surface area contributed by atoms with E-state index in [9.17, 15) is 4.79 Å². The van der Waals surface area contributed by atoms with Crippen molar-refractivity contribution in [1.82, 2.24) is 4.90 Å². The van der Waals surface area contributed by atoms with Crippen LogP contribution in [0.5, 0.6) is 0 Å². The molecule has 2 aromatic rings. The minimum absolute atomic E-state index is 0.221. The van der Waals surface area contributed by atoms with Gasteiger partial charge in [-0.1, -0.05) is 31.2 Å². The van der Waals surface area contributed by atoms with Gasteiger partial charge in [0.25, 0.3) is 5.91 Å². The molecule has 1 aromatic carbocycles. The summed E-state index contributed by atoms with van der Waals surface area (Å²) in [6.45, 7) is 5.03. The molecular weight excluding hydrogens is 290 g/mol. The summed E-state index contributed by atoms with van der Waals surface area (Å²) in [7, 11) is 0. The summed E-state index contributed by atoms with van der Waals surface area (Å²) >= 11 is 1.57. The number of aryl methyl sites for hydroxylation is 2. The number of hydrogen-bond donors (Lipinski definition) is 0. The number of hydrogen-bond acceptors (Lipinski definition) is 2. The van der Waals surface area contributed by atoms with Gasteiger partial charge < -0.3 is 4.90 Å². The standard InChI is InChI=1S/C19H23NOS/c1-3-11-20(19(21)18-14(2)10-12-22-18)17-9-8-15-6-4-5-7-16(15)13-17/h4-7,10,12,17H,3,8-9,11,13H2,1-2H3. The average Bonchev–Trinajstić information content (AvgIpc) is 2.97. The van der Waals surface area contributed by atoms with Crippen molar-refractivity contribution in [3.05, 3.63) is 57.3 Å². The molecule has 1 aliphatic rings. The first-order valence-corrected chi connectivity index (χ1v) is 9.00. The third kappa shape index (κ3) is 2.95. The van der Waals surface area contributed by atoms with Crippen LogP contribution in [0, 0.1) is 6.92 Å². The lowest BCUT2D eigenvalue weighted by Crippen LogP contribution is -2.43. The number of benzene rings is 1. The van der Waals surface area contributed by atoms with Gasteiger partial charge in [0.05, 0.1) is 4.88 Å². The second-order valence-corrected chi connectivity index (χ2v) is 7.01. The first-order valence-electron chi connectivity index (χ1n) is 8.12. The highest BCUT2D eigenvalue weighted by molar-refractivity contribution is 7.12. The summed E-state index contributed by atoms with van der Waals surface area (Å²) < 4.78 is 0. The van der Waals surface area contributed by atoms with Gasteiger partial charge in [0.1, 0.15) is 0 Å². The second-order valence-electron chi connectivity index (χ2n) is 6.10. The molecule has 1 amide bonds. The lowest BCUT2D eigenvalue weighted by Gasteiger charge is -2.35. The molecule has 0 bridgehead atoms. The molecule has 1 heterocycles. The maximum absolute atomic E-state index is 13.0. The molecular formula is C19H23NOS. The number of thiophene rings is 1. The first kappa shape index (κ1) is 15.3. The van der Waals surface area contributed by atoms with Gasteiger partial charge in [0.15, 0.2) is 0 Å². The molecule has 0 saturated heterocycles. The smallest absolute Gasteiger partial charge is 0.264 e. The molecule has 0 aliphatic heterocycles. The highest BCUT2D eigenvalue weighted by atomic mass is 32.1. The van der Waals surface area contributed by atoms with Crippen LogP contribution in [0.25, 0.3) is 0 Å². The molecule has 0 fully saturated rings. The third-order valence-corrected chi connectivity index (χ3v) is 5.55. The molecule has 3 heteroatoms. The molecule has 0 N–H and O–H groups in total. The Bertz CT molecular complexity index is 661. The molecule has 116 valence electrons. The monoisotopic (exact) mass is 313 g/mol. The maximum atomic E-state index is 13.0. The topological polar surface area (TPSA) is 20.3 Å². The van der Waals surface area contributed by atoms with Crippen molar-refractivity contribution in [2.24, 2.45) is 0 Å². The van der Waals surface area contributed by atoms with Gasteiger partial charge in [-0.25, -0.2) is 0 Å². The van der Waals surface area contributed by atoms with E-state index in [1.165, 1.54) is 11.1 Å². The number of rotatable bonds is 4. The predicted octanol–water partition coefficient (Wildman–Crippen LogP) is 4.47. The van der Waals surface area contributed by atoms with Gasteiger partial charge in [-0.3, -0.25) is 4.79 Å². The molecule has 0 radical (unpaired) electrons. The zero-order chi connectivity index (χ0) is 15.5. The lowest BCUT2D eigenvalue weighted by molar-refractivity contribution is 0.0666. The van der Waals surface area contributed by atoms with E-state index in [0.717, 1.165) is 42.7 Å². The maximum Gasteiger partial charge on any atom is 0.264 e. The molecule has 0 saturated carbocycles. The molecule has 1 aromatic heterocycles. The Balaban J connectivity index is 1.83. The summed E-state index contributed by atoms with van der Waals surface area (Å²) in [5.74, 6) is 0.221.